The van der Waals surface area contributed by atoms with E-state index in [9.17, 15) is 4.79 Å². The van der Waals surface area contributed by atoms with E-state index in [-0.39, 0.29) is 0 Å². The van der Waals surface area contributed by atoms with Crippen molar-refractivity contribution in [1.82, 2.24) is 5.32 Å². The summed E-state index contributed by atoms with van der Waals surface area (Å²) >= 11 is 0. The monoisotopic (exact) mass is 203 g/mol. The van der Waals surface area contributed by atoms with Crippen molar-refractivity contribution in [2.75, 3.05) is 11.9 Å². The van der Waals surface area contributed by atoms with Gasteiger partial charge in [-0.3, -0.25) is 4.79 Å². The summed E-state index contributed by atoms with van der Waals surface area (Å²) in [6.45, 7) is 0.354. The van der Waals surface area contributed by atoms with Crippen LogP contribution < -0.4 is 10.6 Å². The lowest BCUT2D eigenvalue weighted by Crippen LogP contribution is -2.15. The quantitative estimate of drug-likeness (QED) is 0.483. The highest BCUT2D eigenvalue weighted by Gasteiger charge is 1.91. The van der Waals surface area contributed by atoms with Gasteiger partial charge in [0.25, 0.3) is 0 Å². The average Bonchev–Trinajstić information content (AvgIpc) is 2.31. The first-order valence-electron chi connectivity index (χ1n) is 4.55. The molecule has 3 N–H and O–H groups in total. The van der Waals surface area contributed by atoms with Crippen LogP contribution in [0.4, 0.5) is 5.69 Å². The highest BCUT2D eigenvalue weighted by atomic mass is 16.1. The first-order chi connectivity index (χ1) is 7.36. The number of rotatable bonds is 6. The lowest BCUT2D eigenvalue weighted by atomic mass is 10.3. The van der Waals surface area contributed by atoms with Crippen LogP contribution in [0.5, 0.6) is 0 Å². The molecule has 0 bridgehead atoms. The Morgan fingerprint density at radius 1 is 1.33 bits per heavy atom. The van der Waals surface area contributed by atoms with Gasteiger partial charge < -0.3 is 16.0 Å². The molecule has 0 spiro atoms. The minimum absolute atomic E-state index is 0.354. The van der Waals surface area contributed by atoms with Gasteiger partial charge in [0, 0.05) is 30.2 Å². The molecule has 0 saturated heterocycles. The van der Waals surface area contributed by atoms with E-state index in [0.717, 1.165) is 5.69 Å². The smallest absolute Gasteiger partial charge is 0.207 e. The van der Waals surface area contributed by atoms with Gasteiger partial charge in [-0.05, 0) is 12.1 Å². The van der Waals surface area contributed by atoms with Crippen LogP contribution in [0.3, 0.4) is 0 Å². The third-order valence-electron chi connectivity index (χ3n) is 1.77. The molecule has 0 fully saturated rings. The number of benzene rings is 1. The number of carbonyl (C=O) groups is 1. The zero-order chi connectivity index (χ0) is 10.9. The molecule has 1 aromatic rings. The van der Waals surface area contributed by atoms with Gasteiger partial charge in [-0.15, -0.1) is 0 Å². The minimum Gasteiger partial charge on any atom is -0.361 e. The van der Waals surface area contributed by atoms with Gasteiger partial charge in [-0.2, -0.15) is 0 Å². The van der Waals surface area contributed by atoms with Crippen LogP contribution in [0.15, 0.2) is 42.1 Å². The van der Waals surface area contributed by atoms with E-state index in [1.54, 1.807) is 6.20 Å². The Morgan fingerprint density at radius 2 is 2.07 bits per heavy atom. The fourth-order valence-electron chi connectivity index (χ4n) is 1.01. The second-order valence-corrected chi connectivity index (χ2v) is 2.87. The third kappa shape index (κ3) is 4.08. The molecule has 4 nitrogen and oxygen atoms in total. The third-order valence-corrected chi connectivity index (χ3v) is 1.77. The van der Waals surface area contributed by atoms with Crippen molar-refractivity contribution in [2.24, 2.45) is 0 Å². The van der Waals surface area contributed by atoms with Crippen LogP contribution in [0.25, 0.3) is 0 Å². The van der Waals surface area contributed by atoms with Crippen molar-refractivity contribution in [3.8, 4) is 0 Å². The Labute approximate surface area is 88.5 Å². The molecule has 0 heterocycles. The largest absolute Gasteiger partial charge is 0.361 e. The molecule has 0 aromatic heterocycles. The van der Waals surface area contributed by atoms with E-state index < -0.39 is 0 Å². The second kappa shape index (κ2) is 6.37. The molecule has 78 valence electrons. The van der Waals surface area contributed by atoms with Crippen molar-refractivity contribution in [1.29, 1.82) is 5.41 Å². The highest BCUT2D eigenvalue weighted by molar-refractivity contribution is 5.77. The maximum absolute atomic E-state index is 10.1. The molecule has 1 aromatic carbocycles. The van der Waals surface area contributed by atoms with Crippen LogP contribution >= 0.6 is 0 Å². The first kappa shape index (κ1) is 11.0. The number of anilines is 1. The highest BCUT2D eigenvalue weighted by Crippen LogP contribution is 2.05. The van der Waals surface area contributed by atoms with Gasteiger partial charge in [0.1, 0.15) is 0 Å². The summed E-state index contributed by atoms with van der Waals surface area (Å²) in [5.74, 6) is 0. The van der Waals surface area contributed by atoms with E-state index in [2.05, 4.69) is 10.6 Å². The Balaban J connectivity index is 2.54. The van der Waals surface area contributed by atoms with E-state index in [1.807, 2.05) is 30.3 Å². The van der Waals surface area contributed by atoms with E-state index >= 15 is 0 Å². The Morgan fingerprint density at radius 3 is 2.67 bits per heavy atom. The standard InChI is InChI=1S/C11H13N3O/c12-6-10(7-13-9-15)8-14-11-4-2-1-3-5-11/h1-6,8-9,12,14H,7H2,(H,13,15)/b10-8+,12-6?. The summed E-state index contributed by atoms with van der Waals surface area (Å²) in [5.41, 5.74) is 1.65. The molecule has 0 aliphatic heterocycles. The normalized spacial score (nSPS) is 10.5. The van der Waals surface area contributed by atoms with Gasteiger partial charge in [-0.25, -0.2) is 0 Å². The van der Waals surface area contributed by atoms with Gasteiger partial charge in [0.2, 0.25) is 6.41 Å². The SMILES string of the molecule is N=C/C(=C\Nc1ccccc1)CNC=O. The minimum atomic E-state index is 0.354. The number of nitrogens with one attached hydrogen (secondary N) is 3. The second-order valence-electron chi connectivity index (χ2n) is 2.87. The summed E-state index contributed by atoms with van der Waals surface area (Å²) in [5, 5.41) is 12.6. The lowest BCUT2D eigenvalue weighted by molar-refractivity contribution is -0.109. The maximum Gasteiger partial charge on any atom is 0.207 e. The van der Waals surface area contributed by atoms with Gasteiger partial charge in [0.15, 0.2) is 0 Å². The van der Waals surface area contributed by atoms with Gasteiger partial charge >= 0.3 is 0 Å². The topological polar surface area (TPSA) is 65.0 Å². The van der Waals surface area contributed by atoms with Crippen molar-refractivity contribution in [3.63, 3.8) is 0 Å². The van der Waals surface area contributed by atoms with E-state index in [4.69, 9.17) is 5.41 Å². The Hall–Kier alpha value is -2.10. The zero-order valence-electron chi connectivity index (χ0n) is 8.23. The predicted molar refractivity (Wildman–Crippen MR) is 61.0 cm³/mol. The number of amides is 1. The number of carbonyl (C=O) groups excluding carboxylic acids is 1. The summed E-state index contributed by atoms with van der Waals surface area (Å²) < 4.78 is 0. The number of hydrogen-bond donors (Lipinski definition) is 3. The summed E-state index contributed by atoms with van der Waals surface area (Å²) in [6, 6.07) is 9.62. The van der Waals surface area contributed by atoms with Crippen LogP contribution in [-0.2, 0) is 4.79 Å². The summed E-state index contributed by atoms with van der Waals surface area (Å²) in [6.07, 6.45) is 3.51. The molecule has 0 aliphatic rings. The molecule has 1 rings (SSSR count). The summed E-state index contributed by atoms with van der Waals surface area (Å²) in [7, 11) is 0. The molecule has 0 saturated carbocycles. The molecule has 15 heavy (non-hydrogen) atoms. The fraction of sp³-hybridized carbons (Fsp3) is 0.0909. The van der Waals surface area contributed by atoms with Crippen LogP contribution in [-0.4, -0.2) is 19.2 Å². The predicted octanol–water partition coefficient (Wildman–Crippen LogP) is 1.38. The number of para-hydroxylation sites is 1. The average molecular weight is 203 g/mol. The van der Waals surface area contributed by atoms with Crippen LogP contribution in [0, 0.1) is 5.41 Å². The Kier molecular flexibility index (Phi) is 4.66. The number of hydrogen-bond acceptors (Lipinski definition) is 3. The van der Waals surface area contributed by atoms with Crippen molar-refractivity contribution in [3.05, 3.63) is 42.1 Å². The molecular formula is C11H13N3O. The molecule has 0 atom stereocenters. The fourth-order valence-corrected chi connectivity index (χ4v) is 1.01. The molecular weight excluding hydrogens is 190 g/mol. The van der Waals surface area contributed by atoms with Crippen LogP contribution in [0.2, 0.25) is 0 Å². The molecule has 1 amide bonds. The lowest BCUT2D eigenvalue weighted by Gasteiger charge is -2.03. The Bertz CT molecular complexity index is 346. The van der Waals surface area contributed by atoms with E-state index in [0.29, 0.717) is 18.5 Å². The first-order valence-corrected chi connectivity index (χ1v) is 4.55. The van der Waals surface area contributed by atoms with Crippen molar-refractivity contribution < 1.29 is 4.79 Å². The molecule has 4 heteroatoms. The summed E-state index contributed by atoms with van der Waals surface area (Å²) in [4.78, 5) is 10.1. The van der Waals surface area contributed by atoms with Crippen LogP contribution in [0.1, 0.15) is 0 Å². The molecule has 0 radical (unpaired) electrons. The van der Waals surface area contributed by atoms with Gasteiger partial charge in [0.05, 0.1) is 0 Å². The zero-order valence-corrected chi connectivity index (χ0v) is 8.23. The maximum atomic E-state index is 10.1. The van der Waals surface area contributed by atoms with Crippen molar-refractivity contribution in [2.45, 2.75) is 0 Å². The molecule has 0 aliphatic carbocycles. The van der Waals surface area contributed by atoms with Gasteiger partial charge in [-0.1, -0.05) is 18.2 Å². The van der Waals surface area contributed by atoms with Crippen molar-refractivity contribution >= 4 is 18.3 Å². The van der Waals surface area contributed by atoms with E-state index in [1.165, 1.54) is 6.21 Å². The molecule has 0 unspecified atom stereocenters.